The van der Waals surface area contributed by atoms with Crippen LogP contribution in [-0.4, -0.2) is 5.91 Å². The van der Waals surface area contributed by atoms with Crippen LogP contribution in [0.25, 0.3) is 0 Å². The molecule has 0 spiro atoms. The SMILES string of the molecule is Cc1cc(Br)c(F)cc1NC(=O)Cc1ccc(Cl)c(Cl)c1. The Morgan fingerprint density at radius 1 is 1.24 bits per heavy atom. The summed E-state index contributed by atoms with van der Waals surface area (Å²) in [5.74, 6) is -0.677. The van der Waals surface area contributed by atoms with E-state index >= 15 is 0 Å². The van der Waals surface area contributed by atoms with Gasteiger partial charge in [0, 0.05) is 5.69 Å². The van der Waals surface area contributed by atoms with Crippen molar-refractivity contribution in [2.45, 2.75) is 13.3 Å². The van der Waals surface area contributed by atoms with Gasteiger partial charge in [-0.15, -0.1) is 0 Å². The van der Waals surface area contributed by atoms with Crippen molar-refractivity contribution < 1.29 is 9.18 Å². The minimum atomic E-state index is -0.426. The summed E-state index contributed by atoms with van der Waals surface area (Å²) in [6.45, 7) is 1.79. The third-order valence-electron chi connectivity index (χ3n) is 2.89. The van der Waals surface area contributed by atoms with Crippen molar-refractivity contribution in [2.75, 3.05) is 5.32 Å². The highest BCUT2D eigenvalue weighted by Gasteiger charge is 2.10. The average molecular weight is 391 g/mol. The van der Waals surface area contributed by atoms with Gasteiger partial charge in [0.15, 0.2) is 0 Å². The highest BCUT2D eigenvalue weighted by Crippen LogP contribution is 2.25. The lowest BCUT2D eigenvalue weighted by molar-refractivity contribution is -0.115. The molecule has 110 valence electrons. The van der Waals surface area contributed by atoms with Crippen LogP contribution in [0.15, 0.2) is 34.8 Å². The fraction of sp³-hybridized carbons (Fsp3) is 0.133. The molecule has 0 atom stereocenters. The zero-order chi connectivity index (χ0) is 15.6. The van der Waals surface area contributed by atoms with Gasteiger partial charge in [0.1, 0.15) is 5.82 Å². The Morgan fingerprint density at radius 2 is 1.95 bits per heavy atom. The molecular formula is C15H11BrCl2FNO. The van der Waals surface area contributed by atoms with Gasteiger partial charge in [-0.25, -0.2) is 4.39 Å². The quantitative estimate of drug-likeness (QED) is 0.748. The molecule has 0 fully saturated rings. The van der Waals surface area contributed by atoms with E-state index in [2.05, 4.69) is 21.2 Å². The predicted molar refractivity (Wildman–Crippen MR) is 87.6 cm³/mol. The Balaban J connectivity index is 2.11. The van der Waals surface area contributed by atoms with E-state index in [0.29, 0.717) is 20.2 Å². The van der Waals surface area contributed by atoms with Crippen molar-refractivity contribution in [3.05, 3.63) is 61.8 Å². The second-order valence-electron chi connectivity index (χ2n) is 4.55. The van der Waals surface area contributed by atoms with Gasteiger partial charge < -0.3 is 5.32 Å². The minimum Gasteiger partial charge on any atom is -0.325 e. The van der Waals surface area contributed by atoms with E-state index < -0.39 is 5.82 Å². The van der Waals surface area contributed by atoms with Gasteiger partial charge in [0.05, 0.1) is 20.9 Å². The molecule has 0 radical (unpaired) electrons. The van der Waals surface area contributed by atoms with Crippen LogP contribution in [-0.2, 0) is 11.2 Å². The number of aryl methyl sites for hydroxylation is 1. The van der Waals surface area contributed by atoms with Crippen molar-refractivity contribution in [1.82, 2.24) is 0 Å². The van der Waals surface area contributed by atoms with Gasteiger partial charge in [-0.3, -0.25) is 4.79 Å². The molecule has 0 heterocycles. The van der Waals surface area contributed by atoms with Crippen LogP contribution < -0.4 is 5.32 Å². The summed E-state index contributed by atoms with van der Waals surface area (Å²) >= 11 is 14.8. The fourth-order valence-electron chi connectivity index (χ4n) is 1.81. The summed E-state index contributed by atoms with van der Waals surface area (Å²) < 4.78 is 13.9. The lowest BCUT2D eigenvalue weighted by Crippen LogP contribution is -2.15. The van der Waals surface area contributed by atoms with Crippen molar-refractivity contribution >= 4 is 50.7 Å². The van der Waals surface area contributed by atoms with Crippen molar-refractivity contribution in [2.24, 2.45) is 0 Å². The number of carbonyl (C=O) groups excluding carboxylic acids is 1. The Hall–Kier alpha value is -1.10. The van der Waals surface area contributed by atoms with E-state index in [1.165, 1.54) is 6.07 Å². The van der Waals surface area contributed by atoms with Gasteiger partial charge in [-0.05, 0) is 58.2 Å². The largest absolute Gasteiger partial charge is 0.325 e. The molecule has 2 aromatic carbocycles. The van der Waals surface area contributed by atoms with Crippen LogP contribution >= 0.6 is 39.1 Å². The molecule has 0 aliphatic carbocycles. The first-order valence-electron chi connectivity index (χ1n) is 6.06. The molecular weight excluding hydrogens is 380 g/mol. The monoisotopic (exact) mass is 389 g/mol. The standard InChI is InChI=1S/C15H11BrCl2FNO/c1-8-4-10(16)13(19)7-14(8)20-15(21)6-9-2-3-11(17)12(18)5-9/h2-5,7H,6H2,1H3,(H,20,21). The lowest BCUT2D eigenvalue weighted by atomic mass is 10.1. The van der Waals surface area contributed by atoms with Gasteiger partial charge in [0.25, 0.3) is 0 Å². The van der Waals surface area contributed by atoms with Crippen LogP contribution in [0.2, 0.25) is 10.0 Å². The van der Waals surface area contributed by atoms with Crippen LogP contribution in [0.5, 0.6) is 0 Å². The van der Waals surface area contributed by atoms with E-state index in [0.717, 1.165) is 11.1 Å². The van der Waals surface area contributed by atoms with Crippen LogP contribution in [0.3, 0.4) is 0 Å². The number of hydrogen-bond donors (Lipinski definition) is 1. The van der Waals surface area contributed by atoms with E-state index in [9.17, 15) is 9.18 Å². The number of amides is 1. The van der Waals surface area contributed by atoms with E-state index in [1.54, 1.807) is 31.2 Å². The summed E-state index contributed by atoms with van der Waals surface area (Å²) in [6.07, 6.45) is 0.133. The summed E-state index contributed by atoms with van der Waals surface area (Å²) in [7, 11) is 0. The number of anilines is 1. The van der Waals surface area contributed by atoms with E-state index in [-0.39, 0.29) is 12.3 Å². The highest BCUT2D eigenvalue weighted by atomic mass is 79.9. The third-order valence-corrected chi connectivity index (χ3v) is 4.24. The maximum absolute atomic E-state index is 13.5. The van der Waals surface area contributed by atoms with Crippen LogP contribution in [0.1, 0.15) is 11.1 Å². The second kappa shape index (κ2) is 6.77. The summed E-state index contributed by atoms with van der Waals surface area (Å²) in [5.41, 5.74) is 1.95. The summed E-state index contributed by atoms with van der Waals surface area (Å²) in [4.78, 5) is 12.0. The Kier molecular flexibility index (Phi) is 5.25. The van der Waals surface area contributed by atoms with Crippen LogP contribution in [0, 0.1) is 12.7 Å². The Labute approximate surface area is 140 Å². The zero-order valence-electron chi connectivity index (χ0n) is 11.0. The smallest absolute Gasteiger partial charge is 0.228 e. The molecule has 6 heteroatoms. The molecule has 1 amide bonds. The summed E-state index contributed by atoms with van der Waals surface area (Å²) in [6, 6.07) is 7.90. The number of carbonyl (C=O) groups is 1. The molecule has 2 nitrogen and oxygen atoms in total. The normalized spacial score (nSPS) is 10.5. The fourth-order valence-corrected chi connectivity index (χ4v) is 2.59. The van der Waals surface area contributed by atoms with Crippen molar-refractivity contribution in [1.29, 1.82) is 0 Å². The Bertz CT molecular complexity index is 706. The van der Waals surface area contributed by atoms with Crippen molar-refractivity contribution in [3.63, 3.8) is 0 Å². The maximum atomic E-state index is 13.5. The molecule has 0 aliphatic rings. The third kappa shape index (κ3) is 4.19. The first-order valence-corrected chi connectivity index (χ1v) is 7.61. The molecule has 0 bridgehead atoms. The van der Waals surface area contributed by atoms with Gasteiger partial charge in [-0.2, -0.15) is 0 Å². The van der Waals surface area contributed by atoms with Crippen molar-refractivity contribution in [3.8, 4) is 0 Å². The van der Waals surface area contributed by atoms with Gasteiger partial charge >= 0.3 is 0 Å². The van der Waals surface area contributed by atoms with E-state index in [4.69, 9.17) is 23.2 Å². The first-order chi connectivity index (χ1) is 9.86. The average Bonchev–Trinajstić information content (AvgIpc) is 2.40. The second-order valence-corrected chi connectivity index (χ2v) is 6.22. The molecule has 0 unspecified atom stereocenters. The molecule has 1 N–H and O–H groups in total. The topological polar surface area (TPSA) is 29.1 Å². The molecule has 0 saturated heterocycles. The number of rotatable bonds is 3. The molecule has 0 aliphatic heterocycles. The molecule has 2 rings (SSSR count). The first kappa shape index (κ1) is 16.3. The highest BCUT2D eigenvalue weighted by molar-refractivity contribution is 9.10. The minimum absolute atomic E-state index is 0.133. The summed E-state index contributed by atoms with van der Waals surface area (Å²) in [5, 5.41) is 3.52. The number of hydrogen-bond acceptors (Lipinski definition) is 1. The maximum Gasteiger partial charge on any atom is 0.228 e. The van der Waals surface area contributed by atoms with Gasteiger partial charge in [0.2, 0.25) is 5.91 Å². The number of nitrogens with one attached hydrogen (secondary N) is 1. The number of halogens is 4. The zero-order valence-corrected chi connectivity index (χ0v) is 14.1. The van der Waals surface area contributed by atoms with E-state index in [1.807, 2.05) is 0 Å². The molecule has 0 aromatic heterocycles. The van der Waals surface area contributed by atoms with Crippen LogP contribution in [0.4, 0.5) is 10.1 Å². The van der Waals surface area contributed by atoms with Gasteiger partial charge in [-0.1, -0.05) is 29.3 Å². The molecule has 2 aromatic rings. The lowest BCUT2D eigenvalue weighted by Gasteiger charge is -2.10. The Morgan fingerprint density at radius 3 is 2.62 bits per heavy atom. The number of benzene rings is 2. The molecule has 21 heavy (non-hydrogen) atoms. The molecule has 0 saturated carbocycles. The predicted octanol–water partition coefficient (Wildman–Crippen LogP) is 5.38.